The lowest BCUT2D eigenvalue weighted by Crippen LogP contribution is -2.22. The van der Waals surface area contributed by atoms with Crippen LogP contribution in [0, 0.1) is 0 Å². The lowest BCUT2D eigenvalue weighted by atomic mass is 10.2. The molecule has 5 heteroatoms. The number of ether oxygens (including phenoxy) is 4. The van der Waals surface area contributed by atoms with Crippen molar-refractivity contribution in [1.29, 1.82) is 0 Å². The molecule has 0 unspecified atom stereocenters. The lowest BCUT2D eigenvalue weighted by Gasteiger charge is -2.17. The van der Waals surface area contributed by atoms with E-state index < -0.39 is 5.60 Å². The van der Waals surface area contributed by atoms with Crippen molar-refractivity contribution >= 4 is 12.0 Å². The zero-order chi connectivity index (χ0) is 15.9. The summed E-state index contributed by atoms with van der Waals surface area (Å²) in [5.41, 5.74) is 0.305. The molecule has 0 atom stereocenters. The minimum atomic E-state index is -0.503. The lowest BCUT2D eigenvalue weighted by molar-refractivity contribution is -0.148. The summed E-state index contributed by atoms with van der Waals surface area (Å²) < 4.78 is 20.6. The van der Waals surface area contributed by atoms with E-state index in [1.807, 2.05) is 26.8 Å². The third-order valence-corrected chi connectivity index (χ3v) is 2.34. The van der Waals surface area contributed by atoms with Crippen LogP contribution in [0.2, 0.25) is 0 Å². The van der Waals surface area contributed by atoms with Crippen LogP contribution in [0.15, 0.2) is 24.3 Å². The summed E-state index contributed by atoms with van der Waals surface area (Å²) in [6, 6.07) is 5.34. The molecule has 0 aliphatic carbocycles. The van der Waals surface area contributed by atoms with Gasteiger partial charge in [0.05, 0.1) is 7.11 Å². The third kappa shape index (κ3) is 6.31. The number of benzene rings is 1. The van der Waals surface area contributed by atoms with Crippen LogP contribution in [0.3, 0.4) is 0 Å². The molecule has 0 aromatic heterocycles. The van der Waals surface area contributed by atoms with E-state index in [1.54, 1.807) is 32.4 Å². The Bertz CT molecular complexity index is 500. The maximum atomic E-state index is 11.6. The highest BCUT2D eigenvalue weighted by atomic mass is 16.7. The number of hydrogen-bond acceptors (Lipinski definition) is 5. The van der Waals surface area contributed by atoms with Gasteiger partial charge in [-0.25, -0.2) is 4.79 Å². The van der Waals surface area contributed by atoms with Crippen molar-refractivity contribution in [3.63, 3.8) is 0 Å². The molecule has 0 fully saturated rings. The highest BCUT2D eigenvalue weighted by molar-refractivity contribution is 5.87. The molecule has 21 heavy (non-hydrogen) atoms. The second-order valence-corrected chi connectivity index (χ2v) is 5.33. The predicted molar refractivity (Wildman–Crippen MR) is 80.4 cm³/mol. The van der Waals surface area contributed by atoms with Crippen molar-refractivity contribution < 1.29 is 23.7 Å². The Hall–Kier alpha value is -2.01. The van der Waals surface area contributed by atoms with Crippen LogP contribution < -0.4 is 9.47 Å². The van der Waals surface area contributed by atoms with Gasteiger partial charge in [0, 0.05) is 13.2 Å². The number of hydrogen-bond donors (Lipinski definition) is 0. The highest BCUT2D eigenvalue weighted by Gasteiger charge is 2.14. The normalized spacial score (nSPS) is 11.5. The minimum absolute atomic E-state index is 0.142. The van der Waals surface area contributed by atoms with Crippen LogP contribution in [0.5, 0.6) is 11.5 Å². The summed E-state index contributed by atoms with van der Waals surface area (Å²) >= 11 is 0. The summed E-state index contributed by atoms with van der Waals surface area (Å²) in [6.07, 6.45) is 3.05. The van der Waals surface area contributed by atoms with E-state index in [1.165, 1.54) is 6.08 Å². The molecule has 5 nitrogen and oxygen atoms in total. The molecule has 116 valence electrons. The Morgan fingerprint density at radius 1 is 1.19 bits per heavy atom. The number of methoxy groups -OCH3 is 2. The monoisotopic (exact) mass is 294 g/mol. The van der Waals surface area contributed by atoms with Crippen molar-refractivity contribution in [1.82, 2.24) is 0 Å². The maximum Gasteiger partial charge on any atom is 0.331 e. The Kier molecular flexibility index (Phi) is 6.24. The molecule has 0 bridgehead atoms. The maximum absolute atomic E-state index is 11.6. The van der Waals surface area contributed by atoms with Crippen LogP contribution in [0.4, 0.5) is 0 Å². The second-order valence-electron chi connectivity index (χ2n) is 5.33. The number of rotatable bonds is 6. The second kappa shape index (κ2) is 7.69. The van der Waals surface area contributed by atoms with Gasteiger partial charge in [-0.3, -0.25) is 0 Å². The highest BCUT2D eigenvalue weighted by Crippen LogP contribution is 2.28. The molecular formula is C16H22O5. The Labute approximate surface area is 125 Å². The third-order valence-electron chi connectivity index (χ3n) is 2.34. The van der Waals surface area contributed by atoms with Gasteiger partial charge in [-0.2, -0.15) is 0 Å². The van der Waals surface area contributed by atoms with Crippen LogP contribution in [-0.4, -0.2) is 32.6 Å². The van der Waals surface area contributed by atoms with Crippen molar-refractivity contribution in [3.8, 4) is 11.5 Å². The van der Waals surface area contributed by atoms with Gasteiger partial charge in [-0.05, 0) is 44.5 Å². The van der Waals surface area contributed by atoms with E-state index in [4.69, 9.17) is 18.9 Å². The first-order valence-corrected chi connectivity index (χ1v) is 6.56. The fraction of sp³-hybridized carbons (Fsp3) is 0.438. The van der Waals surface area contributed by atoms with Gasteiger partial charge in [0.25, 0.3) is 0 Å². The first kappa shape index (κ1) is 17.0. The quantitative estimate of drug-likeness (QED) is 0.458. The SMILES string of the molecule is COCOc1ccc(/C=C/C(=O)OC(C)(C)C)cc1OC. The molecule has 1 aromatic carbocycles. The van der Waals surface area contributed by atoms with Crippen molar-refractivity contribution in [3.05, 3.63) is 29.8 Å². The van der Waals surface area contributed by atoms with E-state index >= 15 is 0 Å². The average molecular weight is 294 g/mol. The Balaban J connectivity index is 2.78. The van der Waals surface area contributed by atoms with E-state index in [0.29, 0.717) is 11.5 Å². The summed E-state index contributed by atoms with van der Waals surface area (Å²) in [7, 11) is 3.10. The first-order valence-electron chi connectivity index (χ1n) is 6.56. The Morgan fingerprint density at radius 3 is 2.48 bits per heavy atom. The standard InChI is InChI=1S/C16H22O5/c1-16(2,3)21-15(17)9-7-12-6-8-13(20-11-18-4)14(10-12)19-5/h6-10H,11H2,1-5H3/b9-7+. The fourth-order valence-electron chi connectivity index (χ4n) is 1.53. The van der Waals surface area contributed by atoms with Crippen molar-refractivity contribution in [2.45, 2.75) is 26.4 Å². The van der Waals surface area contributed by atoms with E-state index in [2.05, 4.69) is 0 Å². The molecule has 0 radical (unpaired) electrons. The van der Waals surface area contributed by atoms with Gasteiger partial charge >= 0.3 is 5.97 Å². The molecule has 1 aromatic rings. The summed E-state index contributed by atoms with van der Waals surface area (Å²) in [5, 5.41) is 0. The number of carbonyl (C=O) groups excluding carboxylic acids is 1. The summed E-state index contributed by atoms with van der Waals surface area (Å²) in [4.78, 5) is 11.6. The smallest absolute Gasteiger partial charge is 0.331 e. The molecule has 0 saturated carbocycles. The molecular weight excluding hydrogens is 272 g/mol. The molecule has 0 saturated heterocycles. The van der Waals surface area contributed by atoms with E-state index in [9.17, 15) is 4.79 Å². The molecule has 0 N–H and O–H groups in total. The Morgan fingerprint density at radius 2 is 1.90 bits per heavy atom. The van der Waals surface area contributed by atoms with Crippen LogP contribution in [0.25, 0.3) is 6.08 Å². The van der Waals surface area contributed by atoms with Crippen LogP contribution >= 0.6 is 0 Å². The fourth-order valence-corrected chi connectivity index (χ4v) is 1.53. The molecule has 0 aliphatic heterocycles. The van der Waals surface area contributed by atoms with E-state index in [-0.39, 0.29) is 12.8 Å². The zero-order valence-electron chi connectivity index (χ0n) is 13.1. The molecule has 1 rings (SSSR count). The van der Waals surface area contributed by atoms with Gasteiger partial charge < -0.3 is 18.9 Å². The summed E-state index contributed by atoms with van der Waals surface area (Å²) in [6.45, 7) is 5.61. The van der Waals surface area contributed by atoms with Gasteiger partial charge in [0.1, 0.15) is 5.60 Å². The van der Waals surface area contributed by atoms with Crippen LogP contribution in [-0.2, 0) is 14.3 Å². The number of esters is 1. The molecule has 0 heterocycles. The van der Waals surface area contributed by atoms with Crippen molar-refractivity contribution in [2.24, 2.45) is 0 Å². The van der Waals surface area contributed by atoms with Gasteiger partial charge in [0.2, 0.25) is 0 Å². The van der Waals surface area contributed by atoms with Crippen LogP contribution in [0.1, 0.15) is 26.3 Å². The van der Waals surface area contributed by atoms with E-state index in [0.717, 1.165) is 5.56 Å². The zero-order valence-corrected chi connectivity index (χ0v) is 13.1. The largest absolute Gasteiger partial charge is 0.493 e. The number of carbonyl (C=O) groups is 1. The molecule has 0 spiro atoms. The average Bonchev–Trinajstić information content (AvgIpc) is 2.41. The topological polar surface area (TPSA) is 54.0 Å². The summed E-state index contributed by atoms with van der Waals surface area (Å²) in [5.74, 6) is 0.758. The van der Waals surface area contributed by atoms with Crippen molar-refractivity contribution in [2.75, 3.05) is 21.0 Å². The first-order chi connectivity index (χ1) is 9.85. The minimum Gasteiger partial charge on any atom is -0.493 e. The van der Waals surface area contributed by atoms with Gasteiger partial charge in [-0.15, -0.1) is 0 Å². The molecule has 0 amide bonds. The molecule has 0 aliphatic rings. The van der Waals surface area contributed by atoms with Gasteiger partial charge in [-0.1, -0.05) is 6.07 Å². The predicted octanol–water partition coefficient (Wildman–Crippen LogP) is 3.03. The van der Waals surface area contributed by atoms with Gasteiger partial charge in [0.15, 0.2) is 18.3 Å².